The molecular weight excluding hydrogens is 400 g/mol. The lowest BCUT2D eigenvalue weighted by molar-refractivity contribution is 0.102. The molecular formula is C18H18N4O4S2. The van der Waals surface area contributed by atoms with Crippen LogP contribution in [0.2, 0.25) is 0 Å². The average molecular weight is 419 g/mol. The van der Waals surface area contributed by atoms with Crippen molar-refractivity contribution in [3.05, 3.63) is 65.2 Å². The number of methoxy groups -OCH3 is 1. The van der Waals surface area contributed by atoms with E-state index in [-0.39, 0.29) is 15.4 Å². The summed E-state index contributed by atoms with van der Waals surface area (Å²) in [6, 6.07) is 13.8. The van der Waals surface area contributed by atoms with E-state index in [1.54, 1.807) is 37.4 Å². The van der Waals surface area contributed by atoms with Crippen molar-refractivity contribution in [2.45, 2.75) is 17.9 Å². The fourth-order valence-corrected chi connectivity index (χ4v) is 4.28. The zero-order valence-corrected chi connectivity index (χ0v) is 16.8. The Balaban J connectivity index is 1.72. The Hall–Kier alpha value is -2.82. The molecule has 1 aromatic heterocycles. The molecule has 0 fully saturated rings. The van der Waals surface area contributed by atoms with Crippen molar-refractivity contribution in [1.29, 1.82) is 0 Å². The van der Waals surface area contributed by atoms with Gasteiger partial charge in [-0.1, -0.05) is 41.2 Å². The van der Waals surface area contributed by atoms with Crippen LogP contribution in [0.25, 0.3) is 0 Å². The van der Waals surface area contributed by atoms with Gasteiger partial charge in [-0.15, -0.1) is 10.2 Å². The van der Waals surface area contributed by atoms with Crippen LogP contribution in [0.1, 0.15) is 21.5 Å². The predicted molar refractivity (Wildman–Crippen MR) is 107 cm³/mol. The Morgan fingerprint density at radius 3 is 2.61 bits per heavy atom. The van der Waals surface area contributed by atoms with E-state index in [2.05, 4.69) is 20.2 Å². The first kappa shape index (κ1) is 19.9. The van der Waals surface area contributed by atoms with Gasteiger partial charge in [0.15, 0.2) is 0 Å². The Kier molecular flexibility index (Phi) is 6.02. The highest BCUT2D eigenvalue weighted by Crippen LogP contribution is 2.23. The lowest BCUT2D eigenvalue weighted by atomic mass is 10.1. The molecule has 8 nitrogen and oxygen atoms in total. The normalized spacial score (nSPS) is 11.2. The fraction of sp³-hybridized carbons (Fsp3) is 0.167. The molecule has 0 bridgehead atoms. The number of aromatic nitrogens is 2. The fourth-order valence-electron chi connectivity index (χ4n) is 2.33. The number of hydrogen-bond donors (Lipinski definition) is 2. The Morgan fingerprint density at radius 1 is 1.14 bits per heavy atom. The summed E-state index contributed by atoms with van der Waals surface area (Å²) >= 11 is 0.770. The van der Waals surface area contributed by atoms with E-state index in [1.165, 1.54) is 0 Å². The largest absolute Gasteiger partial charge is 0.380 e. The molecule has 1 heterocycles. The van der Waals surface area contributed by atoms with Crippen LogP contribution in [0.3, 0.4) is 0 Å². The first-order chi connectivity index (χ1) is 13.4. The third kappa shape index (κ3) is 4.91. The molecule has 0 spiro atoms. The first-order valence-electron chi connectivity index (χ1n) is 8.19. The van der Waals surface area contributed by atoms with Gasteiger partial charge in [0, 0.05) is 18.4 Å². The van der Waals surface area contributed by atoms with Gasteiger partial charge in [0.25, 0.3) is 20.3 Å². The molecule has 28 heavy (non-hydrogen) atoms. The molecule has 146 valence electrons. The van der Waals surface area contributed by atoms with Crippen molar-refractivity contribution < 1.29 is 17.9 Å². The summed E-state index contributed by atoms with van der Waals surface area (Å²) in [5.74, 6) is -0.389. The number of nitrogens with zero attached hydrogens (tertiary/aromatic N) is 2. The Morgan fingerprint density at radius 2 is 1.89 bits per heavy atom. The molecule has 3 aromatic rings. The Labute approximate surface area is 166 Å². The zero-order valence-electron chi connectivity index (χ0n) is 15.2. The van der Waals surface area contributed by atoms with Gasteiger partial charge in [-0.25, -0.2) is 0 Å². The van der Waals surface area contributed by atoms with Gasteiger partial charge >= 0.3 is 0 Å². The monoisotopic (exact) mass is 418 g/mol. The maximum Gasteiger partial charge on any atom is 0.291 e. The summed E-state index contributed by atoms with van der Waals surface area (Å²) in [7, 11) is -2.37. The number of nitrogens with one attached hydrogen (secondary N) is 2. The number of anilines is 2. The van der Waals surface area contributed by atoms with E-state index in [0.29, 0.717) is 17.9 Å². The topological polar surface area (TPSA) is 110 Å². The standard InChI is InChI=1S/C18H18N4O4S2/c1-12-6-8-14(9-7-12)16(23)19-17-20-21-18(27-17)28(24,25)22-15-5-3-4-13(10-15)11-26-2/h3-10,22H,11H2,1-2H3,(H,19,20,23). The van der Waals surface area contributed by atoms with Crippen LogP contribution >= 0.6 is 11.3 Å². The molecule has 2 aromatic carbocycles. The SMILES string of the molecule is COCc1cccc(NS(=O)(=O)c2nnc(NC(=O)c3ccc(C)cc3)s2)c1. The van der Waals surface area contributed by atoms with E-state index in [9.17, 15) is 13.2 Å². The van der Waals surface area contributed by atoms with Crippen LogP contribution in [0.5, 0.6) is 0 Å². The van der Waals surface area contributed by atoms with Gasteiger partial charge in [-0.05, 0) is 36.8 Å². The molecule has 0 aliphatic carbocycles. The van der Waals surface area contributed by atoms with Crippen molar-refractivity contribution in [3.8, 4) is 0 Å². The van der Waals surface area contributed by atoms with Gasteiger partial charge in [-0.3, -0.25) is 14.8 Å². The van der Waals surface area contributed by atoms with Crippen molar-refractivity contribution in [1.82, 2.24) is 10.2 Å². The second kappa shape index (κ2) is 8.46. The quantitative estimate of drug-likeness (QED) is 0.571. The van der Waals surface area contributed by atoms with E-state index >= 15 is 0 Å². The molecule has 0 aliphatic heterocycles. The molecule has 0 saturated carbocycles. The van der Waals surface area contributed by atoms with Gasteiger partial charge in [0.05, 0.1) is 6.61 Å². The molecule has 0 unspecified atom stereocenters. The van der Waals surface area contributed by atoms with Gasteiger partial charge in [0.1, 0.15) is 0 Å². The van der Waals surface area contributed by atoms with Crippen LogP contribution in [0.15, 0.2) is 52.9 Å². The second-order valence-corrected chi connectivity index (χ2v) is 8.77. The minimum absolute atomic E-state index is 0.0964. The van der Waals surface area contributed by atoms with Crippen molar-refractivity contribution in [2.24, 2.45) is 0 Å². The second-order valence-electron chi connectivity index (χ2n) is 5.93. The van der Waals surface area contributed by atoms with Crippen LogP contribution < -0.4 is 10.0 Å². The van der Waals surface area contributed by atoms with E-state index < -0.39 is 10.0 Å². The third-order valence-corrected chi connectivity index (χ3v) is 6.25. The first-order valence-corrected chi connectivity index (χ1v) is 10.5. The number of rotatable bonds is 7. The van der Waals surface area contributed by atoms with Crippen LogP contribution in [0.4, 0.5) is 10.8 Å². The number of carbonyl (C=O) groups excluding carboxylic acids is 1. The summed E-state index contributed by atoms with van der Waals surface area (Å²) in [6.45, 7) is 2.28. The molecule has 0 aliphatic rings. The van der Waals surface area contributed by atoms with Crippen molar-refractivity contribution >= 4 is 38.1 Å². The lowest BCUT2D eigenvalue weighted by Gasteiger charge is -2.07. The number of hydrogen-bond acceptors (Lipinski definition) is 7. The third-order valence-electron chi connectivity index (χ3n) is 3.66. The van der Waals surface area contributed by atoms with Gasteiger partial charge in [0.2, 0.25) is 5.13 Å². The van der Waals surface area contributed by atoms with Gasteiger partial charge in [-0.2, -0.15) is 8.42 Å². The summed E-state index contributed by atoms with van der Waals surface area (Å²) in [5, 5.41) is 10.1. The molecule has 10 heteroatoms. The summed E-state index contributed by atoms with van der Waals surface area (Å²) < 4.78 is 32.3. The minimum atomic E-state index is -3.93. The number of benzene rings is 2. The number of sulfonamides is 1. The molecule has 0 saturated heterocycles. The highest BCUT2D eigenvalue weighted by atomic mass is 32.2. The number of amides is 1. The summed E-state index contributed by atoms with van der Waals surface area (Å²) in [5.41, 5.74) is 2.68. The maximum absolute atomic E-state index is 12.5. The molecule has 0 atom stereocenters. The van der Waals surface area contributed by atoms with Crippen LogP contribution in [-0.4, -0.2) is 31.6 Å². The maximum atomic E-state index is 12.5. The molecule has 0 radical (unpaired) electrons. The smallest absolute Gasteiger partial charge is 0.291 e. The van der Waals surface area contributed by atoms with E-state index in [4.69, 9.17) is 4.74 Å². The van der Waals surface area contributed by atoms with Crippen molar-refractivity contribution in [3.63, 3.8) is 0 Å². The predicted octanol–water partition coefficient (Wildman–Crippen LogP) is 3.05. The lowest BCUT2D eigenvalue weighted by Crippen LogP contribution is -2.13. The molecule has 1 amide bonds. The van der Waals surface area contributed by atoms with E-state index in [0.717, 1.165) is 22.5 Å². The van der Waals surface area contributed by atoms with E-state index in [1.807, 2.05) is 25.1 Å². The van der Waals surface area contributed by atoms with Crippen LogP contribution in [0, 0.1) is 6.92 Å². The Bertz CT molecular complexity index is 1080. The molecule has 2 N–H and O–H groups in total. The number of ether oxygens (including phenoxy) is 1. The number of carbonyl (C=O) groups is 1. The van der Waals surface area contributed by atoms with Gasteiger partial charge < -0.3 is 4.74 Å². The molecule has 3 rings (SSSR count). The highest BCUT2D eigenvalue weighted by molar-refractivity contribution is 7.94. The number of aryl methyl sites for hydroxylation is 1. The average Bonchev–Trinajstić information content (AvgIpc) is 3.12. The summed E-state index contributed by atoms with van der Waals surface area (Å²) in [6.07, 6.45) is 0. The highest BCUT2D eigenvalue weighted by Gasteiger charge is 2.21. The van der Waals surface area contributed by atoms with Crippen molar-refractivity contribution in [2.75, 3.05) is 17.1 Å². The summed E-state index contributed by atoms with van der Waals surface area (Å²) in [4.78, 5) is 12.2. The minimum Gasteiger partial charge on any atom is -0.380 e. The zero-order chi connectivity index (χ0) is 20.1. The van der Waals surface area contributed by atoms with Crippen LogP contribution in [-0.2, 0) is 21.4 Å².